The number of anilines is 1. The summed E-state index contributed by atoms with van der Waals surface area (Å²) >= 11 is 0. The van der Waals surface area contributed by atoms with Gasteiger partial charge in [-0.3, -0.25) is 4.79 Å². The third-order valence-electron chi connectivity index (χ3n) is 3.44. The molecule has 2 nitrogen and oxygen atoms in total. The Kier molecular flexibility index (Phi) is 3.52. The first-order valence-corrected chi connectivity index (χ1v) is 6.81. The molecule has 0 radical (unpaired) electrons. The van der Waals surface area contributed by atoms with E-state index in [0.717, 1.165) is 30.6 Å². The number of amides is 1. The fraction of sp³-hybridized carbons (Fsp3) is 0.167. The number of carbonyl (C=O) groups excluding carboxylic acids is 1. The molecule has 0 saturated carbocycles. The number of rotatable bonds is 0. The first-order chi connectivity index (χ1) is 9.84. The highest BCUT2D eigenvalue weighted by atomic mass is 16.2. The summed E-state index contributed by atoms with van der Waals surface area (Å²) in [4.78, 5) is 14.1. The molecule has 0 saturated heterocycles. The van der Waals surface area contributed by atoms with Crippen molar-refractivity contribution in [2.45, 2.75) is 12.8 Å². The second-order valence-corrected chi connectivity index (χ2v) is 4.81. The minimum absolute atomic E-state index is 0.124. The van der Waals surface area contributed by atoms with E-state index in [0.29, 0.717) is 0 Å². The molecule has 1 heterocycles. The van der Waals surface area contributed by atoms with E-state index in [1.807, 2.05) is 48.5 Å². The molecule has 2 heteroatoms. The summed E-state index contributed by atoms with van der Waals surface area (Å²) in [5.74, 6) is 5.55. The highest BCUT2D eigenvalue weighted by Crippen LogP contribution is 2.26. The SMILES string of the molecule is O=C(C#Cc1ccccc1)N1CCCc2ccccc21. The molecule has 98 valence electrons. The number of hydrogen-bond donors (Lipinski definition) is 0. The van der Waals surface area contributed by atoms with Crippen molar-refractivity contribution in [3.8, 4) is 11.8 Å². The Hall–Kier alpha value is -2.53. The van der Waals surface area contributed by atoms with Crippen LogP contribution in [-0.2, 0) is 11.2 Å². The van der Waals surface area contributed by atoms with Crippen LogP contribution >= 0.6 is 0 Å². The molecule has 0 N–H and O–H groups in total. The minimum Gasteiger partial charge on any atom is -0.301 e. The molecule has 1 amide bonds. The molecule has 0 atom stereocenters. The van der Waals surface area contributed by atoms with Gasteiger partial charge in [-0.25, -0.2) is 0 Å². The van der Waals surface area contributed by atoms with Crippen molar-refractivity contribution in [3.05, 3.63) is 65.7 Å². The Morgan fingerprint density at radius 1 is 1.00 bits per heavy atom. The van der Waals surface area contributed by atoms with Gasteiger partial charge in [0.05, 0.1) is 0 Å². The van der Waals surface area contributed by atoms with Crippen LogP contribution in [0.1, 0.15) is 17.5 Å². The molecule has 0 unspecified atom stereocenters. The van der Waals surface area contributed by atoms with Gasteiger partial charge in [0.15, 0.2) is 0 Å². The Bertz CT molecular complexity index is 679. The van der Waals surface area contributed by atoms with Crippen LogP contribution in [0.2, 0.25) is 0 Å². The van der Waals surface area contributed by atoms with E-state index in [-0.39, 0.29) is 5.91 Å². The van der Waals surface area contributed by atoms with Gasteiger partial charge >= 0.3 is 5.91 Å². The van der Waals surface area contributed by atoms with Crippen molar-refractivity contribution in [1.29, 1.82) is 0 Å². The zero-order valence-corrected chi connectivity index (χ0v) is 11.2. The van der Waals surface area contributed by atoms with Crippen molar-refractivity contribution < 1.29 is 4.79 Å². The monoisotopic (exact) mass is 261 g/mol. The molecule has 0 aromatic heterocycles. The molecule has 2 aromatic carbocycles. The van der Waals surface area contributed by atoms with Gasteiger partial charge in [-0.15, -0.1) is 0 Å². The largest absolute Gasteiger partial charge is 0.303 e. The van der Waals surface area contributed by atoms with E-state index in [9.17, 15) is 4.79 Å². The number of nitrogens with zero attached hydrogens (tertiary/aromatic N) is 1. The number of para-hydroxylation sites is 1. The lowest BCUT2D eigenvalue weighted by Gasteiger charge is -2.27. The number of carbonyl (C=O) groups is 1. The van der Waals surface area contributed by atoms with Crippen LogP contribution in [0.3, 0.4) is 0 Å². The Morgan fingerprint density at radius 2 is 1.75 bits per heavy atom. The Labute approximate surface area is 119 Å². The molecule has 1 aliphatic heterocycles. The predicted molar refractivity (Wildman–Crippen MR) is 80.4 cm³/mol. The quantitative estimate of drug-likeness (QED) is 0.668. The van der Waals surface area contributed by atoms with Crippen molar-refractivity contribution in [3.63, 3.8) is 0 Å². The second kappa shape index (κ2) is 5.63. The van der Waals surface area contributed by atoms with Crippen LogP contribution in [0.4, 0.5) is 5.69 Å². The highest BCUT2D eigenvalue weighted by molar-refractivity contribution is 6.06. The van der Waals surface area contributed by atoms with Crippen LogP contribution in [0, 0.1) is 11.8 Å². The standard InChI is InChI=1S/C18H15NO/c20-18(13-12-15-7-2-1-3-8-15)19-14-6-10-16-9-4-5-11-17(16)19/h1-5,7-9,11H,6,10,14H2. The lowest BCUT2D eigenvalue weighted by molar-refractivity contribution is -0.113. The Morgan fingerprint density at radius 3 is 2.60 bits per heavy atom. The average molecular weight is 261 g/mol. The number of benzene rings is 2. The Balaban J connectivity index is 1.84. The molecular weight excluding hydrogens is 246 g/mol. The normalized spacial score (nSPS) is 13.1. The summed E-state index contributed by atoms with van der Waals surface area (Å²) in [5, 5.41) is 0. The smallest absolute Gasteiger partial charge is 0.301 e. The van der Waals surface area contributed by atoms with Gasteiger partial charge in [0.2, 0.25) is 0 Å². The molecule has 0 bridgehead atoms. The number of hydrogen-bond acceptors (Lipinski definition) is 1. The molecule has 0 aliphatic carbocycles. The summed E-state index contributed by atoms with van der Waals surface area (Å²) in [7, 11) is 0. The van der Waals surface area contributed by atoms with Gasteiger partial charge in [-0.05, 0) is 36.6 Å². The molecule has 0 spiro atoms. The molecule has 20 heavy (non-hydrogen) atoms. The first-order valence-electron chi connectivity index (χ1n) is 6.81. The van der Waals surface area contributed by atoms with Crippen LogP contribution in [0.5, 0.6) is 0 Å². The fourth-order valence-electron chi connectivity index (χ4n) is 2.46. The van der Waals surface area contributed by atoms with Crippen molar-refractivity contribution in [2.24, 2.45) is 0 Å². The molecular formula is C18H15NO. The number of aryl methyl sites for hydroxylation is 1. The van der Waals surface area contributed by atoms with Crippen LogP contribution in [0.25, 0.3) is 0 Å². The fourth-order valence-corrected chi connectivity index (χ4v) is 2.46. The predicted octanol–water partition coefficient (Wildman–Crippen LogP) is 3.02. The summed E-state index contributed by atoms with van der Waals surface area (Å²) in [6, 6.07) is 17.7. The van der Waals surface area contributed by atoms with E-state index >= 15 is 0 Å². The minimum atomic E-state index is -0.124. The lowest BCUT2D eigenvalue weighted by Crippen LogP contribution is -2.34. The maximum atomic E-state index is 12.3. The molecule has 1 aliphatic rings. The number of fused-ring (bicyclic) bond motifs is 1. The van der Waals surface area contributed by atoms with Crippen molar-refractivity contribution in [1.82, 2.24) is 0 Å². The van der Waals surface area contributed by atoms with E-state index in [2.05, 4.69) is 17.9 Å². The van der Waals surface area contributed by atoms with Gasteiger partial charge in [0.25, 0.3) is 0 Å². The maximum absolute atomic E-state index is 12.3. The van der Waals surface area contributed by atoms with Gasteiger partial charge in [0, 0.05) is 23.7 Å². The lowest BCUT2D eigenvalue weighted by atomic mass is 10.0. The van der Waals surface area contributed by atoms with E-state index in [1.54, 1.807) is 4.90 Å². The van der Waals surface area contributed by atoms with Crippen LogP contribution in [-0.4, -0.2) is 12.5 Å². The topological polar surface area (TPSA) is 20.3 Å². The molecule has 3 rings (SSSR count). The third kappa shape index (κ3) is 2.57. The first kappa shape index (κ1) is 12.5. The van der Waals surface area contributed by atoms with Gasteiger partial charge in [-0.1, -0.05) is 42.3 Å². The maximum Gasteiger partial charge on any atom is 0.303 e. The van der Waals surface area contributed by atoms with Crippen LogP contribution < -0.4 is 4.90 Å². The summed E-state index contributed by atoms with van der Waals surface area (Å²) < 4.78 is 0. The third-order valence-corrected chi connectivity index (χ3v) is 3.44. The highest BCUT2D eigenvalue weighted by Gasteiger charge is 2.20. The van der Waals surface area contributed by atoms with Crippen molar-refractivity contribution in [2.75, 3.05) is 11.4 Å². The van der Waals surface area contributed by atoms with Crippen molar-refractivity contribution >= 4 is 11.6 Å². The molecule has 2 aromatic rings. The van der Waals surface area contributed by atoms with Crippen LogP contribution in [0.15, 0.2) is 54.6 Å². The second-order valence-electron chi connectivity index (χ2n) is 4.81. The van der Waals surface area contributed by atoms with E-state index in [1.165, 1.54) is 5.56 Å². The zero-order chi connectivity index (χ0) is 13.8. The summed E-state index contributed by atoms with van der Waals surface area (Å²) in [6.45, 7) is 0.749. The average Bonchev–Trinajstić information content (AvgIpc) is 2.53. The van der Waals surface area contributed by atoms with Gasteiger partial charge in [0.1, 0.15) is 0 Å². The van der Waals surface area contributed by atoms with E-state index in [4.69, 9.17) is 0 Å². The summed E-state index contributed by atoms with van der Waals surface area (Å²) in [5.41, 5.74) is 3.10. The van der Waals surface area contributed by atoms with Gasteiger partial charge in [-0.2, -0.15) is 0 Å². The summed E-state index contributed by atoms with van der Waals surface area (Å²) in [6.07, 6.45) is 2.03. The van der Waals surface area contributed by atoms with E-state index < -0.39 is 0 Å². The molecule has 0 fully saturated rings. The van der Waals surface area contributed by atoms with Gasteiger partial charge < -0.3 is 4.90 Å². The zero-order valence-electron chi connectivity index (χ0n) is 11.2.